The van der Waals surface area contributed by atoms with Gasteiger partial charge < -0.3 is 10.2 Å². The Morgan fingerprint density at radius 1 is 1.30 bits per heavy atom. The van der Waals surface area contributed by atoms with Gasteiger partial charge in [0, 0.05) is 0 Å². The maximum Gasteiger partial charge on any atom is 0.0612 e. The maximum atomic E-state index is 9.22. The summed E-state index contributed by atoms with van der Waals surface area (Å²) in [5.41, 5.74) is 0. The van der Waals surface area contributed by atoms with Crippen LogP contribution in [0.4, 0.5) is 0 Å². The molecule has 1 atom stereocenters. The van der Waals surface area contributed by atoms with Gasteiger partial charge in [-0.25, -0.2) is 0 Å². The summed E-state index contributed by atoms with van der Waals surface area (Å²) in [6.07, 6.45) is 3.80. The molecule has 0 amide bonds. The lowest BCUT2D eigenvalue weighted by molar-refractivity contribution is 0.128. The van der Waals surface area contributed by atoms with Crippen molar-refractivity contribution >= 4 is 0 Å². The third kappa shape index (κ3) is 4.53. The molecular formula is C8H16O2. The zero-order chi connectivity index (χ0) is 7.98. The highest BCUT2D eigenvalue weighted by Gasteiger charge is 2.05. The highest BCUT2D eigenvalue weighted by molar-refractivity contribution is 4.83. The van der Waals surface area contributed by atoms with E-state index < -0.39 is 0 Å². The minimum absolute atomic E-state index is 0.0603. The lowest BCUT2D eigenvalue weighted by Gasteiger charge is -2.10. The number of hydrogen-bond acceptors (Lipinski definition) is 2. The van der Waals surface area contributed by atoms with E-state index in [0.717, 1.165) is 0 Å². The highest BCUT2D eigenvalue weighted by Crippen LogP contribution is 2.05. The third-order valence-electron chi connectivity index (χ3n) is 1.42. The summed E-state index contributed by atoms with van der Waals surface area (Å²) in [6.45, 7) is 4.00. The Balaban J connectivity index is 3.38. The molecule has 2 nitrogen and oxygen atoms in total. The summed E-state index contributed by atoms with van der Waals surface area (Å²) >= 11 is 0. The second kappa shape index (κ2) is 5.45. The third-order valence-corrected chi connectivity index (χ3v) is 1.42. The van der Waals surface area contributed by atoms with Gasteiger partial charge in [0.15, 0.2) is 0 Å². The minimum atomic E-state index is -0.275. The second-order valence-corrected chi connectivity index (χ2v) is 2.70. The largest absolute Gasteiger partial charge is 0.393 e. The molecule has 60 valence electrons. The molecule has 0 saturated heterocycles. The van der Waals surface area contributed by atoms with E-state index >= 15 is 0 Å². The van der Waals surface area contributed by atoms with Crippen molar-refractivity contribution in [1.82, 2.24) is 0 Å². The number of aliphatic hydroxyl groups excluding tert-OH is 2. The van der Waals surface area contributed by atoms with Crippen LogP contribution in [0.15, 0.2) is 12.2 Å². The monoisotopic (exact) mass is 144 g/mol. The minimum Gasteiger partial charge on any atom is -0.393 e. The van der Waals surface area contributed by atoms with Crippen LogP contribution in [0.2, 0.25) is 0 Å². The fraction of sp³-hybridized carbons (Fsp3) is 0.750. The Morgan fingerprint density at radius 3 is 2.30 bits per heavy atom. The van der Waals surface area contributed by atoms with Gasteiger partial charge in [0.2, 0.25) is 0 Å². The molecule has 10 heavy (non-hydrogen) atoms. The predicted octanol–water partition coefficient (Wildman–Crippen LogP) is 0.942. The molecule has 0 bridgehead atoms. The van der Waals surface area contributed by atoms with Gasteiger partial charge in [-0.05, 0) is 12.3 Å². The van der Waals surface area contributed by atoms with E-state index in [9.17, 15) is 5.11 Å². The van der Waals surface area contributed by atoms with E-state index in [-0.39, 0.29) is 12.7 Å². The maximum absolute atomic E-state index is 9.22. The summed E-state index contributed by atoms with van der Waals surface area (Å²) in [5.74, 6) is 0.295. The van der Waals surface area contributed by atoms with E-state index in [1.54, 1.807) is 12.2 Å². The van der Waals surface area contributed by atoms with Crippen LogP contribution in [0, 0.1) is 5.92 Å². The average Bonchev–Trinajstić information content (AvgIpc) is 1.88. The normalized spacial score (nSPS) is 14.9. The first-order chi connectivity index (χ1) is 4.68. The number of aliphatic hydroxyl groups is 2. The molecule has 0 spiro atoms. The van der Waals surface area contributed by atoms with Gasteiger partial charge in [0.05, 0.1) is 12.7 Å². The molecule has 2 N–H and O–H groups in total. The Morgan fingerprint density at radius 2 is 1.90 bits per heavy atom. The van der Waals surface area contributed by atoms with Crippen molar-refractivity contribution in [2.24, 2.45) is 5.92 Å². The summed E-state index contributed by atoms with van der Waals surface area (Å²) in [4.78, 5) is 0. The molecule has 0 aromatic carbocycles. The summed E-state index contributed by atoms with van der Waals surface area (Å²) in [5, 5.41) is 17.6. The van der Waals surface area contributed by atoms with Crippen molar-refractivity contribution in [2.75, 3.05) is 6.61 Å². The molecule has 0 aromatic rings. The van der Waals surface area contributed by atoms with E-state index in [4.69, 9.17) is 5.11 Å². The van der Waals surface area contributed by atoms with Gasteiger partial charge in [0.1, 0.15) is 0 Å². The molecule has 0 aliphatic carbocycles. The zero-order valence-electron chi connectivity index (χ0n) is 6.62. The first-order valence-electron chi connectivity index (χ1n) is 3.62. The fourth-order valence-electron chi connectivity index (χ4n) is 0.582. The lowest BCUT2D eigenvalue weighted by Crippen LogP contribution is -2.12. The Bertz CT molecular complexity index is 97.4. The molecule has 0 unspecified atom stereocenters. The molecule has 2 heteroatoms. The zero-order valence-corrected chi connectivity index (χ0v) is 6.62. The topological polar surface area (TPSA) is 40.5 Å². The van der Waals surface area contributed by atoms with Gasteiger partial charge in [0.25, 0.3) is 0 Å². The van der Waals surface area contributed by atoms with Gasteiger partial charge in [-0.1, -0.05) is 26.0 Å². The van der Waals surface area contributed by atoms with Gasteiger partial charge in [-0.3, -0.25) is 0 Å². The Hall–Kier alpha value is -0.340. The van der Waals surface area contributed by atoms with Gasteiger partial charge in [-0.2, -0.15) is 0 Å². The first kappa shape index (κ1) is 9.66. The molecule has 0 rings (SSSR count). The van der Waals surface area contributed by atoms with Crippen molar-refractivity contribution in [3.8, 4) is 0 Å². The fourth-order valence-corrected chi connectivity index (χ4v) is 0.582. The number of hydrogen-bond donors (Lipinski definition) is 2. The van der Waals surface area contributed by atoms with E-state index in [1.807, 2.05) is 13.8 Å². The van der Waals surface area contributed by atoms with Crippen LogP contribution in [0.25, 0.3) is 0 Å². The summed E-state index contributed by atoms with van der Waals surface area (Å²) < 4.78 is 0. The number of rotatable bonds is 4. The van der Waals surface area contributed by atoms with Crippen LogP contribution >= 0.6 is 0 Å². The quantitative estimate of drug-likeness (QED) is 0.576. The molecule has 0 fully saturated rings. The van der Waals surface area contributed by atoms with Gasteiger partial charge in [-0.15, -0.1) is 0 Å². The van der Waals surface area contributed by atoms with Crippen molar-refractivity contribution < 1.29 is 10.2 Å². The lowest BCUT2D eigenvalue weighted by atomic mass is 10.0. The summed E-state index contributed by atoms with van der Waals surface area (Å²) in [7, 11) is 0. The van der Waals surface area contributed by atoms with E-state index in [1.165, 1.54) is 0 Å². The van der Waals surface area contributed by atoms with Crippen molar-refractivity contribution in [3.05, 3.63) is 12.2 Å². The molecule has 0 saturated carbocycles. The van der Waals surface area contributed by atoms with Gasteiger partial charge >= 0.3 is 0 Å². The standard InChI is InChI=1S/C8H16O2/c1-7(2)8(10)5-3-4-6-9/h3-4,7-10H,5-6H2,1-2H3/b4-3+/t8-/m0/s1. The summed E-state index contributed by atoms with van der Waals surface area (Å²) in [6, 6.07) is 0. The van der Waals surface area contributed by atoms with E-state index in [2.05, 4.69) is 0 Å². The van der Waals surface area contributed by atoms with E-state index in [0.29, 0.717) is 12.3 Å². The Labute approximate surface area is 62.2 Å². The van der Waals surface area contributed by atoms with Crippen LogP contribution in [0.5, 0.6) is 0 Å². The Kier molecular flexibility index (Phi) is 5.26. The van der Waals surface area contributed by atoms with Crippen LogP contribution < -0.4 is 0 Å². The SMILES string of the molecule is CC(C)[C@@H](O)C/C=C/CO. The molecule has 0 aliphatic rings. The predicted molar refractivity (Wildman–Crippen MR) is 41.7 cm³/mol. The smallest absolute Gasteiger partial charge is 0.0612 e. The van der Waals surface area contributed by atoms with Crippen molar-refractivity contribution in [2.45, 2.75) is 26.4 Å². The van der Waals surface area contributed by atoms with Crippen LogP contribution in [-0.2, 0) is 0 Å². The first-order valence-corrected chi connectivity index (χ1v) is 3.62. The molecule has 0 aromatic heterocycles. The second-order valence-electron chi connectivity index (χ2n) is 2.70. The average molecular weight is 144 g/mol. The van der Waals surface area contributed by atoms with Crippen molar-refractivity contribution in [3.63, 3.8) is 0 Å². The molecule has 0 aliphatic heterocycles. The molecule has 0 radical (unpaired) electrons. The van der Waals surface area contributed by atoms with Crippen molar-refractivity contribution in [1.29, 1.82) is 0 Å². The molecule has 0 heterocycles. The molecular weight excluding hydrogens is 128 g/mol. The van der Waals surface area contributed by atoms with Crippen LogP contribution in [0.3, 0.4) is 0 Å². The van der Waals surface area contributed by atoms with Crippen LogP contribution in [-0.4, -0.2) is 22.9 Å². The highest BCUT2D eigenvalue weighted by atomic mass is 16.3. The van der Waals surface area contributed by atoms with Crippen LogP contribution in [0.1, 0.15) is 20.3 Å².